The highest BCUT2D eigenvalue weighted by Gasteiger charge is 2.13. The first-order chi connectivity index (χ1) is 13.0. The molecule has 0 radical (unpaired) electrons. The molecule has 0 aliphatic rings. The number of nitriles is 1. The van der Waals surface area contributed by atoms with Crippen LogP contribution in [0.3, 0.4) is 0 Å². The minimum absolute atomic E-state index is 0.0205. The Labute approximate surface area is 171 Å². The maximum Gasteiger partial charge on any atom is 0.266 e. The van der Waals surface area contributed by atoms with Gasteiger partial charge in [0.25, 0.3) is 5.91 Å². The third kappa shape index (κ3) is 5.37. The fourth-order valence-corrected chi connectivity index (χ4v) is 3.08. The molecule has 0 saturated heterocycles. The average Bonchev–Trinajstić information content (AvgIpc) is 2.68. The smallest absolute Gasteiger partial charge is 0.266 e. The molecule has 7 heteroatoms. The second-order valence-corrected chi connectivity index (χ2v) is 6.48. The van der Waals surface area contributed by atoms with Gasteiger partial charge in [0.1, 0.15) is 17.4 Å². The van der Waals surface area contributed by atoms with Crippen LogP contribution in [0.5, 0.6) is 17.2 Å². The summed E-state index contributed by atoms with van der Waals surface area (Å²) in [5.41, 5.74) is 1.22. The zero-order valence-corrected chi connectivity index (χ0v) is 17.4. The molecule has 0 aliphatic carbocycles. The highest BCUT2D eigenvalue weighted by Crippen LogP contribution is 2.34. The number of nitrogens with zero attached hydrogens (tertiary/aromatic N) is 1. The Morgan fingerprint density at radius 3 is 2.48 bits per heavy atom. The van der Waals surface area contributed by atoms with E-state index in [0.29, 0.717) is 35.1 Å². The summed E-state index contributed by atoms with van der Waals surface area (Å²) in [6.45, 7) is 2.40. The number of amides is 1. The van der Waals surface area contributed by atoms with Crippen molar-refractivity contribution in [3.63, 3.8) is 0 Å². The predicted octanol–water partition coefficient (Wildman–Crippen LogP) is 4.25. The number of rotatable bonds is 7. The van der Waals surface area contributed by atoms with Crippen molar-refractivity contribution in [2.45, 2.75) is 6.92 Å². The summed E-state index contributed by atoms with van der Waals surface area (Å²) in [6, 6.07) is 12.4. The van der Waals surface area contributed by atoms with Gasteiger partial charge in [-0.3, -0.25) is 4.79 Å². The van der Waals surface area contributed by atoms with E-state index in [0.717, 1.165) is 3.57 Å². The molecular formula is C20H19IN2O4. The number of benzene rings is 2. The van der Waals surface area contributed by atoms with Gasteiger partial charge in [0.05, 0.1) is 24.4 Å². The largest absolute Gasteiger partial charge is 0.497 e. The van der Waals surface area contributed by atoms with Crippen molar-refractivity contribution in [1.29, 1.82) is 5.26 Å². The monoisotopic (exact) mass is 478 g/mol. The lowest BCUT2D eigenvalue weighted by Gasteiger charge is -2.12. The normalized spacial score (nSPS) is 10.7. The summed E-state index contributed by atoms with van der Waals surface area (Å²) < 4.78 is 16.9. The van der Waals surface area contributed by atoms with Crippen molar-refractivity contribution in [2.24, 2.45) is 0 Å². The second kappa shape index (κ2) is 9.83. The fraction of sp³-hybridized carbons (Fsp3) is 0.200. The van der Waals surface area contributed by atoms with Crippen molar-refractivity contribution in [3.8, 4) is 23.3 Å². The van der Waals surface area contributed by atoms with Gasteiger partial charge in [-0.15, -0.1) is 0 Å². The first-order valence-corrected chi connectivity index (χ1v) is 9.17. The van der Waals surface area contributed by atoms with Crippen LogP contribution in [0, 0.1) is 14.9 Å². The van der Waals surface area contributed by atoms with Gasteiger partial charge in [0.15, 0.2) is 11.5 Å². The highest BCUT2D eigenvalue weighted by molar-refractivity contribution is 14.1. The molecule has 6 nitrogen and oxygen atoms in total. The van der Waals surface area contributed by atoms with Crippen LogP contribution in [0.25, 0.3) is 6.08 Å². The summed E-state index contributed by atoms with van der Waals surface area (Å²) in [5, 5.41) is 12.1. The van der Waals surface area contributed by atoms with Crippen LogP contribution in [0.1, 0.15) is 12.5 Å². The van der Waals surface area contributed by atoms with Crippen molar-refractivity contribution < 1.29 is 19.0 Å². The Hall–Kier alpha value is -2.73. The molecule has 0 spiro atoms. The van der Waals surface area contributed by atoms with Crippen molar-refractivity contribution in [2.75, 3.05) is 26.1 Å². The molecule has 0 heterocycles. The van der Waals surface area contributed by atoms with Gasteiger partial charge in [-0.05, 0) is 77.6 Å². The topological polar surface area (TPSA) is 80.6 Å². The number of carbonyl (C=O) groups excluding carboxylic acids is 1. The lowest BCUT2D eigenvalue weighted by atomic mass is 10.1. The molecule has 2 aromatic carbocycles. The van der Waals surface area contributed by atoms with Gasteiger partial charge in [-0.1, -0.05) is 0 Å². The molecule has 27 heavy (non-hydrogen) atoms. The molecular weight excluding hydrogens is 459 g/mol. The van der Waals surface area contributed by atoms with Gasteiger partial charge in [0.2, 0.25) is 0 Å². The first-order valence-electron chi connectivity index (χ1n) is 8.09. The number of hydrogen-bond acceptors (Lipinski definition) is 5. The Morgan fingerprint density at radius 2 is 1.93 bits per heavy atom. The number of halogens is 1. The minimum Gasteiger partial charge on any atom is -0.497 e. The van der Waals surface area contributed by atoms with Crippen LogP contribution in [0.15, 0.2) is 42.0 Å². The number of carbonyl (C=O) groups is 1. The van der Waals surface area contributed by atoms with Crippen LogP contribution in [0.2, 0.25) is 0 Å². The second-order valence-electron chi connectivity index (χ2n) is 5.32. The molecule has 0 fully saturated rings. The Kier molecular flexibility index (Phi) is 7.49. The quantitative estimate of drug-likeness (QED) is 0.366. The van der Waals surface area contributed by atoms with Gasteiger partial charge in [-0.2, -0.15) is 5.26 Å². The number of ether oxygens (including phenoxy) is 3. The third-order valence-corrected chi connectivity index (χ3v) is 4.37. The van der Waals surface area contributed by atoms with Crippen molar-refractivity contribution >= 4 is 40.3 Å². The number of anilines is 1. The highest BCUT2D eigenvalue weighted by atomic mass is 127. The van der Waals surface area contributed by atoms with Crippen LogP contribution in [-0.2, 0) is 4.79 Å². The third-order valence-electron chi connectivity index (χ3n) is 3.56. The first kappa shape index (κ1) is 20.6. The van der Waals surface area contributed by atoms with Crippen molar-refractivity contribution in [3.05, 3.63) is 51.1 Å². The zero-order valence-electron chi connectivity index (χ0n) is 15.2. The van der Waals surface area contributed by atoms with E-state index in [9.17, 15) is 10.1 Å². The van der Waals surface area contributed by atoms with Crippen LogP contribution >= 0.6 is 22.6 Å². The SMILES string of the molecule is CCOc1c(I)cc(C=C(C#N)C(=O)Nc2ccc(OC)cc2)cc1OC. The van der Waals surface area contributed by atoms with Crippen LogP contribution < -0.4 is 19.5 Å². The van der Waals surface area contributed by atoms with E-state index < -0.39 is 5.91 Å². The lowest BCUT2D eigenvalue weighted by molar-refractivity contribution is -0.112. The summed E-state index contributed by atoms with van der Waals surface area (Å²) in [7, 11) is 3.11. The molecule has 0 aliphatic heterocycles. The molecule has 0 saturated carbocycles. The standard InChI is InChI=1S/C20H19IN2O4/c1-4-27-19-17(21)10-13(11-18(19)26-3)9-14(12-22)20(24)23-15-5-7-16(25-2)8-6-15/h5-11H,4H2,1-3H3,(H,23,24). The number of hydrogen-bond donors (Lipinski definition) is 1. The lowest BCUT2D eigenvalue weighted by Crippen LogP contribution is -2.13. The van der Waals surface area contributed by atoms with E-state index in [1.165, 1.54) is 6.08 Å². The number of methoxy groups -OCH3 is 2. The predicted molar refractivity (Wildman–Crippen MR) is 112 cm³/mol. The van der Waals surface area contributed by atoms with E-state index in [1.54, 1.807) is 44.6 Å². The van der Waals surface area contributed by atoms with Gasteiger partial charge < -0.3 is 19.5 Å². The summed E-state index contributed by atoms with van der Waals surface area (Å²) in [6.07, 6.45) is 1.51. The summed E-state index contributed by atoms with van der Waals surface area (Å²) in [4.78, 5) is 12.4. The number of nitrogens with one attached hydrogen (secondary N) is 1. The van der Waals surface area contributed by atoms with Crippen LogP contribution in [0.4, 0.5) is 5.69 Å². The minimum atomic E-state index is -0.495. The van der Waals surface area contributed by atoms with Gasteiger partial charge >= 0.3 is 0 Å². The van der Waals surface area contributed by atoms with Gasteiger partial charge in [-0.25, -0.2) is 0 Å². The molecule has 2 rings (SSSR count). The summed E-state index contributed by atoms with van der Waals surface area (Å²) >= 11 is 2.13. The molecule has 0 bridgehead atoms. The molecule has 0 atom stereocenters. The molecule has 0 aromatic heterocycles. The maximum atomic E-state index is 12.4. The van der Waals surface area contributed by atoms with E-state index in [2.05, 4.69) is 27.9 Å². The Balaban J connectivity index is 2.27. The Bertz CT molecular complexity index is 886. The van der Waals surface area contributed by atoms with E-state index in [-0.39, 0.29) is 5.57 Å². The zero-order chi connectivity index (χ0) is 19.8. The molecule has 1 N–H and O–H groups in total. The van der Waals surface area contributed by atoms with E-state index in [4.69, 9.17) is 14.2 Å². The maximum absolute atomic E-state index is 12.4. The van der Waals surface area contributed by atoms with Crippen LogP contribution in [-0.4, -0.2) is 26.7 Å². The molecule has 1 amide bonds. The summed E-state index contributed by atoms with van der Waals surface area (Å²) in [5.74, 6) is 1.37. The fourth-order valence-electron chi connectivity index (χ4n) is 2.30. The Morgan fingerprint density at radius 1 is 1.22 bits per heavy atom. The average molecular weight is 478 g/mol. The van der Waals surface area contributed by atoms with E-state index in [1.807, 2.05) is 19.1 Å². The molecule has 2 aromatic rings. The van der Waals surface area contributed by atoms with E-state index >= 15 is 0 Å². The molecule has 0 unspecified atom stereocenters. The molecule has 140 valence electrons. The van der Waals surface area contributed by atoms with Crippen molar-refractivity contribution in [1.82, 2.24) is 0 Å². The van der Waals surface area contributed by atoms with Gasteiger partial charge in [0, 0.05) is 5.69 Å².